The van der Waals surface area contributed by atoms with E-state index < -0.39 is 0 Å². The molecule has 1 aliphatic rings. The Hall–Kier alpha value is -2.30. The van der Waals surface area contributed by atoms with Gasteiger partial charge in [-0.25, -0.2) is 0 Å². The van der Waals surface area contributed by atoms with Crippen molar-refractivity contribution in [1.82, 2.24) is 10.6 Å². The second-order valence-electron chi connectivity index (χ2n) is 6.05. The maximum atomic E-state index is 11.8. The lowest BCUT2D eigenvalue weighted by molar-refractivity contribution is -0.122. The van der Waals surface area contributed by atoms with Crippen LogP contribution in [0.25, 0.3) is 6.08 Å². The number of benzene rings is 1. The number of nitrogens with one attached hydrogen (secondary N) is 2. The van der Waals surface area contributed by atoms with E-state index in [4.69, 9.17) is 4.74 Å². The summed E-state index contributed by atoms with van der Waals surface area (Å²) < 4.78 is 5.08. The molecule has 0 atom stereocenters. The van der Waals surface area contributed by atoms with Crippen molar-refractivity contribution in [1.29, 1.82) is 0 Å². The largest absolute Gasteiger partial charge is 0.497 e. The van der Waals surface area contributed by atoms with Crippen LogP contribution in [0.5, 0.6) is 5.75 Å². The van der Waals surface area contributed by atoms with Crippen LogP contribution < -0.4 is 15.4 Å². The van der Waals surface area contributed by atoms with E-state index in [9.17, 15) is 9.59 Å². The van der Waals surface area contributed by atoms with Crippen LogP contribution in [0.1, 0.15) is 44.1 Å². The second kappa shape index (κ2) is 9.75. The molecule has 0 spiro atoms. The first kappa shape index (κ1) is 18.0. The molecule has 0 aliphatic heterocycles. The Bertz CT molecular complexity index is 560. The van der Waals surface area contributed by atoms with E-state index in [1.807, 2.05) is 24.3 Å². The summed E-state index contributed by atoms with van der Waals surface area (Å²) in [6.07, 6.45) is 9.32. The third kappa shape index (κ3) is 6.44. The van der Waals surface area contributed by atoms with Gasteiger partial charge in [-0.3, -0.25) is 9.59 Å². The van der Waals surface area contributed by atoms with Gasteiger partial charge in [-0.1, -0.05) is 31.4 Å². The van der Waals surface area contributed by atoms with Crippen LogP contribution in [0.4, 0.5) is 0 Å². The first-order valence-electron chi connectivity index (χ1n) is 8.56. The summed E-state index contributed by atoms with van der Waals surface area (Å²) in [4.78, 5) is 23.6. The molecular formula is C19H26N2O3. The molecule has 0 aromatic heterocycles. The van der Waals surface area contributed by atoms with Crippen molar-refractivity contribution in [3.8, 4) is 5.75 Å². The van der Waals surface area contributed by atoms with Crippen LogP contribution in [0.2, 0.25) is 0 Å². The van der Waals surface area contributed by atoms with Gasteiger partial charge in [0.1, 0.15) is 5.75 Å². The summed E-state index contributed by atoms with van der Waals surface area (Å²) in [5, 5.41) is 5.77. The Morgan fingerprint density at radius 1 is 1.17 bits per heavy atom. The molecule has 1 aliphatic carbocycles. The molecule has 1 saturated carbocycles. The fourth-order valence-electron chi connectivity index (χ4n) is 2.79. The predicted molar refractivity (Wildman–Crippen MR) is 94.7 cm³/mol. The second-order valence-corrected chi connectivity index (χ2v) is 6.05. The zero-order valence-electron chi connectivity index (χ0n) is 14.2. The summed E-state index contributed by atoms with van der Waals surface area (Å²) in [5.41, 5.74) is 0.918. The Labute approximate surface area is 143 Å². The van der Waals surface area contributed by atoms with Gasteiger partial charge in [0.25, 0.3) is 0 Å². The first-order chi connectivity index (χ1) is 11.7. The molecule has 5 nitrogen and oxygen atoms in total. The third-order valence-corrected chi connectivity index (χ3v) is 4.16. The monoisotopic (exact) mass is 330 g/mol. The van der Waals surface area contributed by atoms with Gasteiger partial charge in [-0.15, -0.1) is 0 Å². The highest BCUT2D eigenvalue weighted by atomic mass is 16.5. The lowest BCUT2D eigenvalue weighted by Crippen LogP contribution is -2.38. The first-order valence-corrected chi connectivity index (χ1v) is 8.56. The zero-order valence-corrected chi connectivity index (χ0v) is 14.2. The molecule has 2 amide bonds. The smallest absolute Gasteiger partial charge is 0.244 e. The molecule has 1 fully saturated rings. The summed E-state index contributed by atoms with van der Waals surface area (Å²) in [7, 11) is 1.61. The minimum atomic E-state index is -0.198. The highest BCUT2D eigenvalue weighted by Crippen LogP contribution is 2.17. The van der Waals surface area contributed by atoms with Crippen LogP contribution in [0, 0.1) is 0 Å². The number of carbonyl (C=O) groups is 2. The molecule has 0 unspecified atom stereocenters. The summed E-state index contributed by atoms with van der Waals surface area (Å²) in [5.74, 6) is 0.596. The topological polar surface area (TPSA) is 67.4 Å². The molecule has 1 aromatic rings. The molecule has 1 aromatic carbocycles. The molecular weight excluding hydrogens is 304 g/mol. The molecule has 0 heterocycles. The van der Waals surface area contributed by atoms with Crippen molar-refractivity contribution >= 4 is 17.9 Å². The average Bonchev–Trinajstić information content (AvgIpc) is 2.61. The van der Waals surface area contributed by atoms with Crippen molar-refractivity contribution in [2.75, 3.05) is 13.7 Å². The van der Waals surface area contributed by atoms with Gasteiger partial charge < -0.3 is 15.4 Å². The number of methoxy groups -OCH3 is 1. The predicted octanol–water partition coefficient (Wildman–Crippen LogP) is 2.66. The van der Waals surface area contributed by atoms with Crippen molar-refractivity contribution in [3.63, 3.8) is 0 Å². The van der Waals surface area contributed by atoms with Gasteiger partial charge in [0.15, 0.2) is 0 Å². The molecule has 130 valence electrons. The molecule has 0 saturated heterocycles. The maximum Gasteiger partial charge on any atom is 0.244 e. The number of amides is 2. The lowest BCUT2D eigenvalue weighted by Gasteiger charge is -2.22. The van der Waals surface area contributed by atoms with E-state index in [0.717, 1.165) is 24.2 Å². The third-order valence-electron chi connectivity index (χ3n) is 4.16. The van der Waals surface area contributed by atoms with E-state index in [-0.39, 0.29) is 11.8 Å². The minimum Gasteiger partial charge on any atom is -0.497 e. The number of ether oxygens (including phenoxy) is 1. The SMILES string of the molecule is COc1ccc(/C=C/C(=O)NCCC(=O)NC2CCCCC2)cc1. The molecule has 2 N–H and O–H groups in total. The molecule has 2 rings (SSSR count). The maximum absolute atomic E-state index is 11.8. The van der Waals surface area contributed by atoms with Gasteiger partial charge in [0, 0.05) is 25.1 Å². The van der Waals surface area contributed by atoms with E-state index >= 15 is 0 Å². The Morgan fingerprint density at radius 3 is 2.54 bits per heavy atom. The highest BCUT2D eigenvalue weighted by molar-refractivity contribution is 5.92. The van der Waals surface area contributed by atoms with Crippen molar-refractivity contribution in [2.45, 2.75) is 44.6 Å². The summed E-state index contributed by atoms with van der Waals surface area (Å²) >= 11 is 0. The summed E-state index contributed by atoms with van der Waals surface area (Å²) in [6.45, 7) is 0.352. The fraction of sp³-hybridized carbons (Fsp3) is 0.474. The molecule has 0 radical (unpaired) electrons. The highest BCUT2D eigenvalue weighted by Gasteiger charge is 2.15. The Kier molecular flexibility index (Phi) is 7.33. The van der Waals surface area contributed by atoms with Gasteiger partial charge in [0.05, 0.1) is 7.11 Å². The van der Waals surface area contributed by atoms with Crippen LogP contribution in [0.3, 0.4) is 0 Å². The normalized spacial score (nSPS) is 15.2. The molecule has 24 heavy (non-hydrogen) atoms. The number of carbonyl (C=O) groups excluding carboxylic acids is 2. The standard InChI is InChI=1S/C19H26N2O3/c1-24-17-10-7-15(8-11-17)9-12-18(22)20-14-13-19(23)21-16-5-3-2-4-6-16/h7-12,16H,2-6,13-14H2,1H3,(H,20,22)(H,21,23)/b12-9+. The van der Waals surface area contributed by atoms with Gasteiger partial charge in [0.2, 0.25) is 11.8 Å². The summed E-state index contributed by atoms with van der Waals surface area (Å²) in [6, 6.07) is 7.75. The van der Waals surface area contributed by atoms with E-state index in [0.29, 0.717) is 19.0 Å². The van der Waals surface area contributed by atoms with Crippen LogP contribution in [-0.4, -0.2) is 31.5 Å². The van der Waals surface area contributed by atoms with Crippen LogP contribution in [-0.2, 0) is 9.59 Å². The quantitative estimate of drug-likeness (QED) is 0.755. The number of hydrogen-bond donors (Lipinski definition) is 2. The van der Waals surface area contributed by atoms with Crippen molar-refractivity contribution < 1.29 is 14.3 Å². The van der Waals surface area contributed by atoms with Gasteiger partial charge in [-0.2, -0.15) is 0 Å². The number of rotatable bonds is 7. The van der Waals surface area contributed by atoms with E-state index in [2.05, 4.69) is 10.6 Å². The molecule has 5 heteroatoms. The Morgan fingerprint density at radius 2 is 1.88 bits per heavy atom. The van der Waals surface area contributed by atoms with Crippen LogP contribution >= 0.6 is 0 Å². The van der Waals surface area contributed by atoms with E-state index in [1.54, 1.807) is 13.2 Å². The van der Waals surface area contributed by atoms with Crippen LogP contribution in [0.15, 0.2) is 30.3 Å². The van der Waals surface area contributed by atoms with Gasteiger partial charge in [-0.05, 0) is 36.6 Å². The molecule has 0 bridgehead atoms. The van der Waals surface area contributed by atoms with Crippen molar-refractivity contribution in [2.24, 2.45) is 0 Å². The lowest BCUT2D eigenvalue weighted by atomic mass is 9.95. The van der Waals surface area contributed by atoms with E-state index in [1.165, 1.54) is 25.3 Å². The number of hydrogen-bond acceptors (Lipinski definition) is 3. The zero-order chi connectivity index (χ0) is 17.2. The van der Waals surface area contributed by atoms with Gasteiger partial charge >= 0.3 is 0 Å². The average molecular weight is 330 g/mol. The van der Waals surface area contributed by atoms with Crippen molar-refractivity contribution in [3.05, 3.63) is 35.9 Å². The Balaban J connectivity index is 1.64. The minimum absolute atomic E-state index is 0.0151. The fourth-order valence-corrected chi connectivity index (χ4v) is 2.79.